The number of nitrogens with zero attached hydrogens (tertiary/aromatic N) is 1. The number of carbonyl (C=O) groups is 3. The number of carboxylic acids is 1. The van der Waals surface area contributed by atoms with Crippen molar-refractivity contribution >= 4 is 17.8 Å². The summed E-state index contributed by atoms with van der Waals surface area (Å²) < 4.78 is 0. The molecule has 0 saturated carbocycles. The highest BCUT2D eigenvalue weighted by molar-refractivity contribution is 5.90. The molecule has 0 bridgehead atoms. The minimum atomic E-state index is -0.962. The average Bonchev–Trinajstić information content (AvgIpc) is 2.78. The van der Waals surface area contributed by atoms with Crippen molar-refractivity contribution in [3.05, 3.63) is 0 Å². The number of hydrogen-bond donors (Lipinski definition) is 3. The summed E-state index contributed by atoms with van der Waals surface area (Å²) in [4.78, 5) is 35.4. The van der Waals surface area contributed by atoms with E-state index in [2.05, 4.69) is 10.6 Å². The summed E-state index contributed by atoms with van der Waals surface area (Å²) in [5, 5.41) is 14.4. The first kappa shape index (κ1) is 11.8. The van der Waals surface area contributed by atoms with Crippen LogP contribution in [0.25, 0.3) is 0 Å². The van der Waals surface area contributed by atoms with Gasteiger partial charge >= 0.3 is 5.97 Å². The molecule has 7 heteroatoms. The zero-order chi connectivity index (χ0) is 12.4. The topological polar surface area (TPSA) is 98.7 Å². The van der Waals surface area contributed by atoms with Crippen molar-refractivity contribution in [3.8, 4) is 0 Å². The summed E-state index contributed by atoms with van der Waals surface area (Å²) in [6.07, 6.45) is 1.21. The third-order valence-electron chi connectivity index (χ3n) is 3.13. The molecule has 0 aromatic heterocycles. The van der Waals surface area contributed by atoms with Gasteiger partial charge in [0.05, 0.1) is 6.54 Å². The van der Waals surface area contributed by atoms with Crippen molar-refractivity contribution in [1.82, 2.24) is 15.5 Å². The lowest BCUT2D eigenvalue weighted by Gasteiger charge is -2.29. The minimum absolute atomic E-state index is 0.0992. The van der Waals surface area contributed by atoms with Crippen LogP contribution in [-0.2, 0) is 14.4 Å². The van der Waals surface area contributed by atoms with Gasteiger partial charge < -0.3 is 15.3 Å². The second-order valence-electron chi connectivity index (χ2n) is 4.27. The van der Waals surface area contributed by atoms with E-state index in [0.717, 1.165) is 0 Å². The molecule has 2 aliphatic heterocycles. The van der Waals surface area contributed by atoms with Crippen LogP contribution < -0.4 is 10.6 Å². The van der Waals surface area contributed by atoms with Crippen LogP contribution in [0.2, 0.25) is 0 Å². The van der Waals surface area contributed by atoms with Crippen LogP contribution in [0.4, 0.5) is 0 Å². The maximum Gasteiger partial charge on any atom is 0.326 e. The maximum absolute atomic E-state index is 12.1. The number of carbonyl (C=O) groups excluding carboxylic acids is 2. The third-order valence-corrected chi connectivity index (χ3v) is 3.13. The first-order valence-corrected chi connectivity index (χ1v) is 5.63. The molecular formula is C10H15N3O4. The fourth-order valence-corrected chi connectivity index (χ4v) is 2.23. The molecule has 2 rings (SSSR count). The predicted molar refractivity (Wildman–Crippen MR) is 57.2 cm³/mol. The van der Waals surface area contributed by atoms with Gasteiger partial charge in [0, 0.05) is 13.1 Å². The first-order chi connectivity index (χ1) is 8.09. The van der Waals surface area contributed by atoms with Gasteiger partial charge in [-0.15, -0.1) is 0 Å². The maximum atomic E-state index is 12.1. The number of piperazine rings is 1. The number of carboxylic acid groups (broad SMARTS) is 1. The molecule has 0 spiro atoms. The molecule has 2 amide bonds. The smallest absolute Gasteiger partial charge is 0.326 e. The second kappa shape index (κ2) is 4.70. The summed E-state index contributed by atoms with van der Waals surface area (Å²) >= 11 is 0. The standard InChI is InChI=1S/C10H15N3O4/c14-8-5-11-6(4-12-8)9(15)13-3-1-2-7(13)10(16)17/h6-7,11H,1-5H2,(H,12,14)(H,16,17)/t6?,7-/m0/s1. The van der Waals surface area contributed by atoms with Crippen LogP contribution >= 0.6 is 0 Å². The van der Waals surface area contributed by atoms with Crippen LogP contribution in [-0.4, -0.2) is 59.5 Å². The monoisotopic (exact) mass is 241 g/mol. The Bertz CT molecular complexity index is 347. The van der Waals surface area contributed by atoms with Crippen molar-refractivity contribution < 1.29 is 19.5 Å². The molecule has 7 nitrogen and oxygen atoms in total. The van der Waals surface area contributed by atoms with E-state index in [9.17, 15) is 14.4 Å². The van der Waals surface area contributed by atoms with E-state index in [1.54, 1.807) is 0 Å². The van der Waals surface area contributed by atoms with E-state index in [4.69, 9.17) is 5.11 Å². The van der Waals surface area contributed by atoms with Crippen LogP contribution in [0.3, 0.4) is 0 Å². The molecule has 3 N–H and O–H groups in total. The normalized spacial score (nSPS) is 28.9. The Morgan fingerprint density at radius 1 is 1.41 bits per heavy atom. The van der Waals surface area contributed by atoms with Gasteiger partial charge in [-0.25, -0.2) is 4.79 Å². The van der Waals surface area contributed by atoms with Gasteiger partial charge in [-0.3, -0.25) is 14.9 Å². The van der Waals surface area contributed by atoms with Crippen LogP contribution in [0.1, 0.15) is 12.8 Å². The van der Waals surface area contributed by atoms with Gasteiger partial charge in [0.25, 0.3) is 0 Å². The summed E-state index contributed by atoms with van der Waals surface area (Å²) in [5.74, 6) is -1.35. The van der Waals surface area contributed by atoms with E-state index in [1.165, 1.54) is 4.90 Å². The number of rotatable bonds is 2. The molecule has 0 aromatic rings. The Labute approximate surface area is 98.2 Å². The summed E-state index contributed by atoms with van der Waals surface area (Å²) in [7, 11) is 0. The van der Waals surface area contributed by atoms with Crippen molar-refractivity contribution in [2.75, 3.05) is 19.6 Å². The predicted octanol–water partition coefficient (Wildman–Crippen LogP) is -1.85. The Balaban J connectivity index is 1.99. The number of amides is 2. The molecular weight excluding hydrogens is 226 g/mol. The van der Waals surface area contributed by atoms with E-state index in [1.807, 2.05) is 0 Å². The third kappa shape index (κ3) is 2.38. The molecule has 2 atom stereocenters. The number of nitrogens with one attached hydrogen (secondary N) is 2. The second-order valence-corrected chi connectivity index (χ2v) is 4.27. The Kier molecular flexibility index (Phi) is 3.28. The lowest BCUT2D eigenvalue weighted by atomic mass is 10.1. The SMILES string of the molecule is O=C1CNC(C(=O)N2CCC[C@H]2C(=O)O)CN1. The molecule has 2 saturated heterocycles. The van der Waals surface area contributed by atoms with Gasteiger partial charge in [0.1, 0.15) is 12.1 Å². The van der Waals surface area contributed by atoms with Gasteiger partial charge in [0.15, 0.2) is 0 Å². The average molecular weight is 241 g/mol. The largest absolute Gasteiger partial charge is 0.480 e. The van der Waals surface area contributed by atoms with Gasteiger partial charge in [-0.2, -0.15) is 0 Å². The first-order valence-electron chi connectivity index (χ1n) is 5.63. The highest BCUT2D eigenvalue weighted by Gasteiger charge is 2.37. The Morgan fingerprint density at radius 2 is 2.18 bits per heavy atom. The van der Waals surface area contributed by atoms with E-state index in [-0.39, 0.29) is 24.9 Å². The lowest BCUT2D eigenvalue weighted by Crippen LogP contribution is -2.59. The molecule has 0 aromatic carbocycles. The van der Waals surface area contributed by atoms with Crippen molar-refractivity contribution in [3.63, 3.8) is 0 Å². The quantitative estimate of drug-likeness (QED) is 0.527. The molecule has 2 heterocycles. The molecule has 0 aliphatic carbocycles. The summed E-state index contributed by atoms with van der Waals surface area (Å²) in [5.41, 5.74) is 0. The zero-order valence-electron chi connectivity index (χ0n) is 9.31. The Hall–Kier alpha value is -1.63. The highest BCUT2D eigenvalue weighted by atomic mass is 16.4. The van der Waals surface area contributed by atoms with Crippen molar-refractivity contribution in [2.24, 2.45) is 0 Å². The van der Waals surface area contributed by atoms with Crippen LogP contribution in [0.5, 0.6) is 0 Å². The fraction of sp³-hybridized carbons (Fsp3) is 0.700. The fourth-order valence-electron chi connectivity index (χ4n) is 2.23. The zero-order valence-corrected chi connectivity index (χ0v) is 9.31. The molecule has 0 radical (unpaired) electrons. The van der Waals surface area contributed by atoms with E-state index < -0.39 is 18.1 Å². The highest BCUT2D eigenvalue weighted by Crippen LogP contribution is 2.18. The van der Waals surface area contributed by atoms with Gasteiger partial charge in [-0.1, -0.05) is 0 Å². The lowest BCUT2D eigenvalue weighted by molar-refractivity contribution is -0.149. The molecule has 2 aliphatic rings. The minimum Gasteiger partial charge on any atom is -0.480 e. The summed E-state index contributed by atoms with van der Waals surface area (Å²) in [6.45, 7) is 0.796. The molecule has 2 fully saturated rings. The molecule has 1 unspecified atom stereocenters. The van der Waals surface area contributed by atoms with E-state index in [0.29, 0.717) is 19.4 Å². The number of likely N-dealkylation sites (tertiary alicyclic amines) is 1. The van der Waals surface area contributed by atoms with Gasteiger partial charge in [0.2, 0.25) is 11.8 Å². The van der Waals surface area contributed by atoms with Crippen LogP contribution in [0, 0.1) is 0 Å². The Morgan fingerprint density at radius 3 is 2.76 bits per heavy atom. The van der Waals surface area contributed by atoms with Gasteiger partial charge in [-0.05, 0) is 12.8 Å². The summed E-state index contributed by atoms with van der Waals surface area (Å²) in [6, 6.07) is -1.23. The number of hydrogen-bond acceptors (Lipinski definition) is 4. The van der Waals surface area contributed by atoms with Crippen LogP contribution in [0.15, 0.2) is 0 Å². The number of aliphatic carboxylic acids is 1. The molecule has 17 heavy (non-hydrogen) atoms. The van der Waals surface area contributed by atoms with Crippen molar-refractivity contribution in [1.29, 1.82) is 0 Å². The van der Waals surface area contributed by atoms with E-state index >= 15 is 0 Å². The molecule has 94 valence electrons. The van der Waals surface area contributed by atoms with Crippen molar-refractivity contribution in [2.45, 2.75) is 24.9 Å².